The van der Waals surface area contributed by atoms with Crippen molar-refractivity contribution in [2.24, 2.45) is 23.2 Å². The van der Waals surface area contributed by atoms with Gasteiger partial charge in [0.25, 0.3) is 0 Å². The molecular formula is C12H20S. The maximum Gasteiger partial charge on any atom is 0.00752 e. The van der Waals surface area contributed by atoms with Gasteiger partial charge in [-0.2, -0.15) is 11.8 Å². The van der Waals surface area contributed by atoms with Crippen LogP contribution in [0.15, 0.2) is 0 Å². The minimum absolute atomic E-state index is 0.799. The fourth-order valence-electron chi connectivity index (χ4n) is 4.76. The predicted octanol–water partition coefficient (Wildman–Crippen LogP) is 3.56. The van der Waals surface area contributed by atoms with E-state index in [0.29, 0.717) is 0 Å². The quantitative estimate of drug-likeness (QED) is 0.650. The second kappa shape index (κ2) is 2.68. The summed E-state index contributed by atoms with van der Waals surface area (Å²) >= 11 is 2.11. The molecule has 0 radical (unpaired) electrons. The number of rotatable bonds is 2. The molecule has 0 heterocycles. The van der Waals surface area contributed by atoms with Gasteiger partial charge in [-0.3, -0.25) is 0 Å². The summed E-state index contributed by atoms with van der Waals surface area (Å²) in [7, 11) is 0. The van der Waals surface area contributed by atoms with Gasteiger partial charge in [-0.1, -0.05) is 6.92 Å². The van der Waals surface area contributed by atoms with Gasteiger partial charge >= 0.3 is 0 Å². The van der Waals surface area contributed by atoms with Gasteiger partial charge in [0, 0.05) is 5.25 Å². The lowest BCUT2D eigenvalue weighted by molar-refractivity contribution is 0.201. The molecule has 4 bridgehead atoms. The summed E-state index contributed by atoms with van der Waals surface area (Å²) in [5, 5.41) is 0.924. The van der Waals surface area contributed by atoms with E-state index in [9.17, 15) is 0 Å². The van der Waals surface area contributed by atoms with E-state index in [2.05, 4.69) is 24.9 Å². The largest absolute Gasteiger partial charge is 0.162 e. The van der Waals surface area contributed by atoms with Gasteiger partial charge in [0.1, 0.15) is 0 Å². The van der Waals surface area contributed by atoms with Crippen molar-refractivity contribution >= 4 is 11.8 Å². The van der Waals surface area contributed by atoms with Crippen LogP contribution in [0.25, 0.3) is 0 Å². The van der Waals surface area contributed by atoms with Crippen molar-refractivity contribution in [1.82, 2.24) is 0 Å². The van der Waals surface area contributed by atoms with Gasteiger partial charge in [-0.05, 0) is 61.5 Å². The zero-order valence-electron chi connectivity index (χ0n) is 8.75. The van der Waals surface area contributed by atoms with Gasteiger partial charge in [-0.25, -0.2) is 0 Å². The van der Waals surface area contributed by atoms with Crippen molar-refractivity contribution in [2.45, 2.75) is 44.3 Å². The molecule has 3 unspecified atom stereocenters. The molecule has 0 saturated heterocycles. The first-order chi connectivity index (χ1) is 6.24. The molecule has 0 spiro atoms. The third-order valence-corrected chi connectivity index (χ3v) is 6.39. The van der Waals surface area contributed by atoms with Crippen LogP contribution >= 0.6 is 11.8 Å². The Kier molecular flexibility index (Phi) is 1.78. The summed E-state index contributed by atoms with van der Waals surface area (Å²) in [4.78, 5) is 0. The Balaban J connectivity index is 1.92. The van der Waals surface area contributed by atoms with E-state index < -0.39 is 0 Å². The molecule has 4 aliphatic carbocycles. The minimum atomic E-state index is 0.799. The van der Waals surface area contributed by atoms with Gasteiger partial charge in [-0.15, -0.1) is 0 Å². The third-order valence-electron chi connectivity index (χ3n) is 5.22. The Morgan fingerprint density at radius 1 is 1.15 bits per heavy atom. The van der Waals surface area contributed by atoms with Crippen LogP contribution in [-0.4, -0.2) is 11.5 Å². The van der Waals surface area contributed by atoms with E-state index in [1.165, 1.54) is 0 Å². The van der Waals surface area contributed by atoms with Crippen LogP contribution in [0.1, 0.15) is 39.0 Å². The van der Waals surface area contributed by atoms with Crippen LogP contribution < -0.4 is 0 Å². The zero-order chi connectivity index (χ0) is 9.05. The zero-order valence-corrected chi connectivity index (χ0v) is 9.57. The molecule has 74 valence electrons. The van der Waals surface area contributed by atoms with E-state index in [0.717, 1.165) is 28.4 Å². The second-order valence-corrected chi connectivity index (χ2v) is 6.83. The van der Waals surface area contributed by atoms with E-state index in [1.807, 2.05) is 0 Å². The number of hydrogen-bond acceptors (Lipinski definition) is 1. The van der Waals surface area contributed by atoms with Crippen molar-refractivity contribution in [3.8, 4) is 0 Å². The highest BCUT2D eigenvalue weighted by Crippen LogP contribution is 2.67. The summed E-state index contributed by atoms with van der Waals surface area (Å²) in [6.07, 6.45) is 10.2. The van der Waals surface area contributed by atoms with Crippen molar-refractivity contribution in [2.75, 3.05) is 6.26 Å². The van der Waals surface area contributed by atoms with Gasteiger partial charge in [0.15, 0.2) is 0 Å². The first kappa shape index (κ1) is 8.64. The van der Waals surface area contributed by atoms with Crippen molar-refractivity contribution in [1.29, 1.82) is 0 Å². The highest BCUT2D eigenvalue weighted by atomic mass is 32.2. The van der Waals surface area contributed by atoms with E-state index in [-0.39, 0.29) is 0 Å². The number of hydrogen-bond donors (Lipinski definition) is 0. The lowest BCUT2D eigenvalue weighted by atomic mass is 9.73. The topological polar surface area (TPSA) is 0 Å². The smallest absolute Gasteiger partial charge is 0.00752 e. The standard InChI is InChI=1S/C12H20S/c1-8(13-2)12-6-9-3-10(7-12)5-11(12)4-9/h8-11H,3-7H2,1-2H3. The van der Waals surface area contributed by atoms with Crippen molar-refractivity contribution in [3.05, 3.63) is 0 Å². The molecule has 13 heavy (non-hydrogen) atoms. The Bertz CT molecular complexity index is 209. The Morgan fingerprint density at radius 2 is 1.77 bits per heavy atom. The predicted molar refractivity (Wildman–Crippen MR) is 59.0 cm³/mol. The Labute approximate surface area is 85.9 Å². The summed E-state index contributed by atoms with van der Waals surface area (Å²) in [5.74, 6) is 3.39. The van der Waals surface area contributed by atoms with Crippen LogP contribution in [0, 0.1) is 23.2 Å². The van der Waals surface area contributed by atoms with Crippen molar-refractivity contribution < 1.29 is 0 Å². The van der Waals surface area contributed by atoms with Gasteiger partial charge in [0.2, 0.25) is 0 Å². The molecule has 0 aliphatic heterocycles. The second-order valence-electron chi connectivity index (χ2n) is 5.66. The lowest BCUT2D eigenvalue weighted by Crippen LogP contribution is -2.32. The number of thioether (sulfide) groups is 1. The molecule has 0 N–H and O–H groups in total. The van der Waals surface area contributed by atoms with E-state index in [1.54, 1.807) is 32.1 Å². The van der Waals surface area contributed by atoms with Crippen LogP contribution in [0.2, 0.25) is 0 Å². The molecule has 0 aromatic rings. The van der Waals surface area contributed by atoms with Crippen LogP contribution in [-0.2, 0) is 0 Å². The van der Waals surface area contributed by atoms with Crippen LogP contribution in [0.4, 0.5) is 0 Å². The lowest BCUT2D eigenvalue weighted by Gasteiger charge is -2.37. The molecule has 4 saturated carbocycles. The summed E-state index contributed by atoms with van der Waals surface area (Å²) in [6.45, 7) is 2.48. The minimum Gasteiger partial charge on any atom is -0.162 e. The molecule has 0 aromatic carbocycles. The highest BCUT2D eigenvalue weighted by molar-refractivity contribution is 7.99. The van der Waals surface area contributed by atoms with E-state index in [4.69, 9.17) is 0 Å². The molecule has 4 rings (SSSR count). The maximum absolute atomic E-state index is 2.48. The third kappa shape index (κ3) is 1.00. The monoisotopic (exact) mass is 196 g/mol. The van der Waals surface area contributed by atoms with Gasteiger partial charge in [0.05, 0.1) is 0 Å². The van der Waals surface area contributed by atoms with Crippen molar-refractivity contribution in [3.63, 3.8) is 0 Å². The molecule has 4 aliphatic rings. The molecule has 3 atom stereocenters. The average molecular weight is 196 g/mol. The first-order valence-electron chi connectivity index (χ1n) is 5.77. The summed E-state index contributed by atoms with van der Waals surface area (Å²) < 4.78 is 0. The molecule has 0 aromatic heterocycles. The fourth-order valence-corrected chi connectivity index (χ4v) is 5.61. The molecular weight excluding hydrogens is 176 g/mol. The normalized spacial score (nSPS) is 54.5. The van der Waals surface area contributed by atoms with Crippen LogP contribution in [0.5, 0.6) is 0 Å². The average Bonchev–Trinajstić information content (AvgIpc) is 2.51. The summed E-state index contributed by atoms with van der Waals surface area (Å²) in [5.41, 5.74) is 0.799. The van der Waals surface area contributed by atoms with E-state index >= 15 is 0 Å². The first-order valence-corrected chi connectivity index (χ1v) is 7.06. The molecule has 1 heteroatoms. The molecule has 4 fully saturated rings. The van der Waals surface area contributed by atoms with Crippen LogP contribution in [0.3, 0.4) is 0 Å². The Morgan fingerprint density at radius 3 is 2.31 bits per heavy atom. The van der Waals surface area contributed by atoms with Gasteiger partial charge < -0.3 is 0 Å². The summed E-state index contributed by atoms with van der Waals surface area (Å²) in [6, 6.07) is 0. The SMILES string of the molecule is CSC(C)C12CC3CC(CC1C3)C2. The fraction of sp³-hybridized carbons (Fsp3) is 1.00. The molecule has 0 nitrogen and oxygen atoms in total. The maximum atomic E-state index is 2.48. The highest BCUT2D eigenvalue weighted by Gasteiger charge is 2.59. The Hall–Kier alpha value is 0.350. The molecule has 0 amide bonds.